The van der Waals surface area contributed by atoms with Gasteiger partial charge in [0, 0.05) is 10.6 Å². The lowest BCUT2D eigenvalue weighted by atomic mass is 10.1. The van der Waals surface area contributed by atoms with Gasteiger partial charge in [0.2, 0.25) is 0 Å². The van der Waals surface area contributed by atoms with Gasteiger partial charge in [-0.15, -0.1) is 11.8 Å². The molecular formula is C17H21NO5S. The first-order valence-electron chi connectivity index (χ1n) is 7.87. The molecule has 0 radical (unpaired) electrons. The van der Waals surface area contributed by atoms with E-state index in [-0.39, 0.29) is 25.6 Å². The van der Waals surface area contributed by atoms with Crippen molar-refractivity contribution in [2.75, 3.05) is 23.9 Å². The van der Waals surface area contributed by atoms with Crippen molar-refractivity contribution in [2.45, 2.75) is 38.1 Å². The van der Waals surface area contributed by atoms with Crippen LogP contribution in [0.3, 0.4) is 0 Å². The Hall–Kier alpha value is -2.02. The Kier molecular flexibility index (Phi) is 6.25. The predicted molar refractivity (Wildman–Crippen MR) is 91.1 cm³/mol. The molecule has 0 bridgehead atoms. The third-order valence-corrected chi connectivity index (χ3v) is 4.74. The minimum Gasteiger partial charge on any atom is -0.466 e. The average molecular weight is 351 g/mol. The van der Waals surface area contributed by atoms with Gasteiger partial charge in [0.25, 0.3) is 0 Å². The molecule has 24 heavy (non-hydrogen) atoms. The van der Waals surface area contributed by atoms with E-state index in [4.69, 9.17) is 9.47 Å². The average Bonchev–Trinajstić information content (AvgIpc) is 2.54. The predicted octanol–water partition coefficient (Wildman–Crippen LogP) is 2.32. The van der Waals surface area contributed by atoms with Crippen LogP contribution < -0.4 is 4.90 Å². The lowest BCUT2D eigenvalue weighted by Crippen LogP contribution is -2.49. The number of thioether (sulfide) groups is 1. The summed E-state index contributed by atoms with van der Waals surface area (Å²) in [7, 11) is 0. The molecule has 0 fully saturated rings. The van der Waals surface area contributed by atoms with E-state index in [9.17, 15) is 14.4 Å². The molecule has 6 nitrogen and oxygen atoms in total. The standard InChI is InChI=1S/C17H21NO5S/c1-4-22-15(19)9-12-10-24-14-8-11(3)6-7-13(14)18(12)16(20)17(21)23-5-2/h6-8,12H,4-5,9-10H2,1-3H3. The number of nitrogens with zero attached hydrogens (tertiary/aromatic N) is 1. The summed E-state index contributed by atoms with van der Waals surface area (Å²) < 4.78 is 9.83. The number of aryl methyl sites for hydroxylation is 1. The first kappa shape index (κ1) is 18.3. The third-order valence-electron chi connectivity index (χ3n) is 3.55. The highest BCUT2D eigenvalue weighted by molar-refractivity contribution is 7.99. The van der Waals surface area contributed by atoms with Crippen molar-refractivity contribution in [3.63, 3.8) is 0 Å². The van der Waals surface area contributed by atoms with Crippen LogP contribution in [-0.4, -0.2) is 42.9 Å². The lowest BCUT2D eigenvalue weighted by molar-refractivity contribution is -0.153. The van der Waals surface area contributed by atoms with Crippen LogP contribution in [0, 0.1) is 6.92 Å². The van der Waals surface area contributed by atoms with Crippen LogP contribution >= 0.6 is 11.8 Å². The normalized spacial score (nSPS) is 16.3. The van der Waals surface area contributed by atoms with Crippen LogP contribution in [-0.2, 0) is 23.9 Å². The minimum absolute atomic E-state index is 0.0410. The van der Waals surface area contributed by atoms with Crippen molar-refractivity contribution in [2.24, 2.45) is 0 Å². The zero-order valence-corrected chi connectivity index (χ0v) is 14.9. The highest BCUT2D eigenvalue weighted by Gasteiger charge is 2.37. The van der Waals surface area contributed by atoms with Crippen LogP contribution in [0.1, 0.15) is 25.8 Å². The van der Waals surface area contributed by atoms with Crippen LogP contribution in [0.2, 0.25) is 0 Å². The fourth-order valence-corrected chi connectivity index (χ4v) is 3.74. The number of carbonyl (C=O) groups is 3. The second-order valence-electron chi connectivity index (χ2n) is 5.34. The van der Waals surface area contributed by atoms with E-state index in [2.05, 4.69) is 0 Å². The number of rotatable bonds is 4. The summed E-state index contributed by atoms with van der Waals surface area (Å²) in [6, 6.07) is 5.19. The Labute approximate surface area is 145 Å². The number of amides is 1. The molecule has 0 spiro atoms. The van der Waals surface area contributed by atoms with Gasteiger partial charge < -0.3 is 9.47 Å². The molecule has 7 heteroatoms. The van der Waals surface area contributed by atoms with Gasteiger partial charge in [0.15, 0.2) is 0 Å². The first-order chi connectivity index (χ1) is 11.5. The molecule has 1 amide bonds. The monoisotopic (exact) mass is 351 g/mol. The van der Waals surface area contributed by atoms with E-state index < -0.39 is 17.9 Å². The van der Waals surface area contributed by atoms with E-state index in [1.165, 1.54) is 4.90 Å². The number of esters is 2. The number of carbonyl (C=O) groups excluding carboxylic acids is 3. The molecule has 2 rings (SSSR count). The molecule has 0 saturated carbocycles. The van der Waals surface area contributed by atoms with Gasteiger partial charge in [-0.05, 0) is 38.5 Å². The number of hydrogen-bond donors (Lipinski definition) is 0. The largest absolute Gasteiger partial charge is 0.466 e. The number of benzene rings is 1. The summed E-state index contributed by atoms with van der Waals surface area (Å²) in [4.78, 5) is 38.7. The molecule has 0 aliphatic carbocycles. The van der Waals surface area contributed by atoms with E-state index in [0.29, 0.717) is 11.4 Å². The number of ether oxygens (including phenoxy) is 2. The van der Waals surface area contributed by atoms with Gasteiger partial charge in [-0.2, -0.15) is 0 Å². The summed E-state index contributed by atoms with van der Waals surface area (Å²) in [5, 5.41) is 0. The number of hydrogen-bond acceptors (Lipinski definition) is 6. The lowest BCUT2D eigenvalue weighted by Gasteiger charge is -2.35. The zero-order chi connectivity index (χ0) is 17.7. The van der Waals surface area contributed by atoms with Gasteiger partial charge >= 0.3 is 17.8 Å². The highest BCUT2D eigenvalue weighted by atomic mass is 32.2. The summed E-state index contributed by atoms with van der Waals surface area (Å²) in [5.41, 5.74) is 1.69. The summed E-state index contributed by atoms with van der Waals surface area (Å²) >= 11 is 1.56. The van der Waals surface area contributed by atoms with Crippen LogP contribution in [0.25, 0.3) is 0 Å². The SMILES string of the molecule is CCOC(=O)CC1CSc2cc(C)ccc2N1C(=O)C(=O)OCC. The van der Waals surface area contributed by atoms with Crippen molar-refractivity contribution < 1.29 is 23.9 Å². The maximum atomic E-state index is 12.6. The second kappa shape index (κ2) is 8.19. The third kappa shape index (κ3) is 4.08. The van der Waals surface area contributed by atoms with Crippen molar-refractivity contribution in [1.82, 2.24) is 0 Å². The first-order valence-corrected chi connectivity index (χ1v) is 8.85. The Morgan fingerprint density at radius 3 is 2.58 bits per heavy atom. The van der Waals surface area contributed by atoms with E-state index in [1.54, 1.807) is 31.7 Å². The maximum Gasteiger partial charge on any atom is 0.397 e. The zero-order valence-electron chi connectivity index (χ0n) is 14.0. The summed E-state index contributed by atoms with van der Waals surface area (Å²) in [6.07, 6.45) is 0.0410. The summed E-state index contributed by atoms with van der Waals surface area (Å²) in [6.45, 7) is 5.73. The maximum absolute atomic E-state index is 12.6. The van der Waals surface area contributed by atoms with Crippen LogP contribution in [0.4, 0.5) is 5.69 Å². The molecule has 1 aliphatic rings. The Morgan fingerprint density at radius 2 is 1.92 bits per heavy atom. The molecule has 0 saturated heterocycles. The topological polar surface area (TPSA) is 72.9 Å². The molecule has 1 unspecified atom stereocenters. The van der Waals surface area contributed by atoms with Gasteiger partial charge in [-0.1, -0.05) is 6.07 Å². The fraction of sp³-hybridized carbons (Fsp3) is 0.471. The van der Waals surface area contributed by atoms with Crippen molar-refractivity contribution in [3.05, 3.63) is 23.8 Å². The van der Waals surface area contributed by atoms with E-state index in [1.807, 2.05) is 19.1 Å². The van der Waals surface area contributed by atoms with E-state index in [0.717, 1.165) is 10.5 Å². The Morgan fingerprint density at radius 1 is 1.21 bits per heavy atom. The van der Waals surface area contributed by atoms with Gasteiger partial charge in [-0.25, -0.2) is 4.79 Å². The van der Waals surface area contributed by atoms with Gasteiger partial charge in [0.05, 0.1) is 31.4 Å². The smallest absolute Gasteiger partial charge is 0.397 e. The van der Waals surface area contributed by atoms with Gasteiger partial charge in [-0.3, -0.25) is 14.5 Å². The number of anilines is 1. The quantitative estimate of drug-likeness (QED) is 0.612. The van der Waals surface area contributed by atoms with Gasteiger partial charge in [0.1, 0.15) is 0 Å². The van der Waals surface area contributed by atoms with Crippen molar-refractivity contribution >= 4 is 35.3 Å². The summed E-state index contributed by atoms with van der Waals surface area (Å²) in [5.74, 6) is -1.54. The molecule has 1 heterocycles. The molecule has 1 atom stereocenters. The molecule has 1 aliphatic heterocycles. The van der Waals surface area contributed by atoms with E-state index >= 15 is 0 Å². The molecule has 0 N–H and O–H groups in total. The van der Waals surface area contributed by atoms with Crippen LogP contribution in [0.5, 0.6) is 0 Å². The molecular weight excluding hydrogens is 330 g/mol. The molecule has 1 aromatic carbocycles. The van der Waals surface area contributed by atoms with Crippen LogP contribution in [0.15, 0.2) is 23.1 Å². The Bertz CT molecular complexity index is 646. The highest BCUT2D eigenvalue weighted by Crippen LogP contribution is 2.39. The van der Waals surface area contributed by atoms with Crippen molar-refractivity contribution in [3.8, 4) is 0 Å². The molecule has 0 aromatic heterocycles. The second-order valence-corrected chi connectivity index (χ2v) is 6.40. The molecule has 130 valence electrons. The minimum atomic E-state index is -0.912. The number of fused-ring (bicyclic) bond motifs is 1. The fourth-order valence-electron chi connectivity index (χ4n) is 2.52. The van der Waals surface area contributed by atoms with Crippen molar-refractivity contribution in [1.29, 1.82) is 0 Å². The molecule has 1 aromatic rings. The Balaban J connectivity index is 2.34.